The third kappa shape index (κ3) is 5.68. The van der Waals surface area contributed by atoms with E-state index in [-0.39, 0.29) is 24.6 Å². The minimum absolute atomic E-state index is 0.0992. The van der Waals surface area contributed by atoms with Crippen molar-refractivity contribution in [1.82, 2.24) is 4.90 Å². The minimum atomic E-state index is -4.56. The Bertz CT molecular complexity index is 780. The van der Waals surface area contributed by atoms with E-state index in [1.807, 2.05) is 0 Å². The molecule has 4 nitrogen and oxygen atoms in total. The highest BCUT2D eigenvalue weighted by molar-refractivity contribution is 5.95. The van der Waals surface area contributed by atoms with E-state index in [1.165, 1.54) is 30.3 Å². The summed E-state index contributed by atoms with van der Waals surface area (Å²) in [6.07, 6.45) is -4.56. The Labute approximate surface area is 154 Å². The summed E-state index contributed by atoms with van der Waals surface area (Å²) in [5.41, 5.74) is -1.20. The quantitative estimate of drug-likeness (QED) is 0.728. The lowest BCUT2D eigenvalue weighted by atomic mass is 10.1. The molecule has 1 N–H and O–H groups in total. The lowest BCUT2D eigenvalue weighted by molar-refractivity contribution is -0.137. The van der Waals surface area contributed by atoms with Crippen LogP contribution >= 0.6 is 0 Å². The van der Waals surface area contributed by atoms with Crippen molar-refractivity contribution in [3.63, 3.8) is 0 Å². The number of likely N-dealkylation sites (N-methyl/N-ethyl adjacent to an activating group) is 1. The van der Waals surface area contributed by atoms with Crippen molar-refractivity contribution < 1.29 is 27.1 Å². The van der Waals surface area contributed by atoms with E-state index < -0.39 is 29.5 Å². The lowest BCUT2D eigenvalue weighted by Gasteiger charge is -2.24. The molecule has 8 heteroatoms. The smallest absolute Gasteiger partial charge is 0.418 e. The highest BCUT2D eigenvalue weighted by Crippen LogP contribution is 2.34. The summed E-state index contributed by atoms with van der Waals surface area (Å²) in [4.78, 5) is 13.9. The van der Waals surface area contributed by atoms with Crippen LogP contribution in [0.3, 0.4) is 0 Å². The second-order valence-corrected chi connectivity index (χ2v) is 5.97. The van der Waals surface area contributed by atoms with Crippen LogP contribution in [0.4, 0.5) is 23.2 Å². The molecule has 0 spiro atoms. The number of hydrogen-bond donors (Lipinski definition) is 1. The molecule has 0 saturated carbocycles. The van der Waals surface area contributed by atoms with E-state index in [2.05, 4.69) is 5.32 Å². The summed E-state index contributed by atoms with van der Waals surface area (Å²) in [6, 6.07) is 10.0. The molecule has 0 aromatic heterocycles. The van der Waals surface area contributed by atoms with Crippen LogP contribution in [0.25, 0.3) is 0 Å². The number of nitrogens with zero attached hydrogens (tertiary/aromatic N) is 1. The molecule has 0 aliphatic carbocycles. The van der Waals surface area contributed by atoms with Crippen molar-refractivity contribution in [2.45, 2.75) is 19.1 Å². The summed E-state index contributed by atoms with van der Waals surface area (Å²) in [5.74, 6) is -0.975. The first kappa shape index (κ1) is 20.7. The molecule has 0 saturated heterocycles. The number of nitrogens with one attached hydrogen (secondary N) is 1. The molecule has 0 aliphatic rings. The van der Waals surface area contributed by atoms with Gasteiger partial charge in [0, 0.05) is 6.54 Å². The fourth-order valence-corrected chi connectivity index (χ4v) is 2.33. The average Bonchev–Trinajstić information content (AvgIpc) is 2.62. The van der Waals surface area contributed by atoms with Crippen molar-refractivity contribution in [3.05, 3.63) is 59.9 Å². The van der Waals surface area contributed by atoms with Crippen LogP contribution in [0.1, 0.15) is 12.5 Å². The number of benzene rings is 2. The molecular formula is C19H20F4N2O2. The Kier molecular flexibility index (Phi) is 6.79. The highest BCUT2D eigenvalue weighted by atomic mass is 19.4. The maximum absolute atomic E-state index is 13.5. The monoisotopic (exact) mass is 384 g/mol. The van der Waals surface area contributed by atoms with Gasteiger partial charge in [-0.15, -0.1) is 0 Å². The number of ether oxygens (including phenoxy) is 1. The van der Waals surface area contributed by atoms with Gasteiger partial charge in [-0.3, -0.25) is 9.69 Å². The summed E-state index contributed by atoms with van der Waals surface area (Å²) >= 11 is 0. The van der Waals surface area contributed by atoms with Gasteiger partial charge in [0.2, 0.25) is 5.91 Å². The van der Waals surface area contributed by atoms with Crippen LogP contribution < -0.4 is 10.1 Å². The fourth-order valence-electron chi connectivity index (χ4n) is 2.33. The zero-order valence-corrected chi connectivity index (χ0v) is 14.9. The van der Waals surface area contributed by atoms with Crippen molar-refractivity contribution in [3.8, 4) is 5.75 Å². The minimum Gasteiger partial charge on any atom is -0.489 e. The van der Waals surface area contributed by atoms with Crippen molar-refractivity contribution >= 4 is 11.6 Å². The molecule has 0 radical (unpaired) electrons. The van der Waals surface area contributed by atoms with E-state index in [0.717, 1.165) is 6.07 Å². The molecule has 1 atom stereocenters. The predicted molar refractivity (Wildman–Crippen MR) is 94.1 cm³/mol. The van der Waals surface area contributed by atoms with E-state index in [4.69, 9.17) is 4.74 Å². The zero-order valence-electron chi connectivity index (χ0n) is 14.9. The zero-order chi connectivity index (χ0) is 20.0. The number of carbonyl (C=O) groups is 1. The maximum Gasteiger partial charge on any atom is 0.418 e. The van der Waals surface area contributed by atoms with Gasteiger partial charge < -0.3 is 10.1 Å². The number of hydrogen-bond acceptors (Lipinski definition) is 3. The van der Waals surface area contributed by atoms with Gasteiger partial charge >= 0.3 is 6.18 Å². The average molecular weight is 384 g/mol. The molecule has 146 valence electrons. The molecule has 0 unspecified atom stereocenters. The Morgan fingerprint density at radius 1 is 1.15 bits per heavy atom. The number of amides is 1. The van der Waals surface area contributed by atoms with Crippen LogP contribution in [-0.2, 0) is 11.0 Å². The molecule has 0 fully saturated rings. The van der Waals surface area contributed by atoms with Crippen molar-refractivity contribution in [1.29, 1.82) is 0 Å². The Morgan fingerprint density at radius 3 is 2.44 bits per heavy atom. The summed E-state index contributed by atoms with van der Waals surface area (Å²) in [5, 5.41) is 2.31. The first-order chi connectivity index (χ1) is 12.7. The molecule has 0 heterocycles. The third-order valence-corrected chi connectivity index (χ3v) is 4.07. The molecule has 1 amide bonds. The first-order valence-corrected chi connectivity index (χ1v) is 8.25. The van der Waals surface area contributed by atoms with Crippen LogP contribution in [0.2, 0.25) is 0 Å². The molecule has 27 heavy (non-hydrogen) atoms. The van der Waals surface area contributed by atoms with Gasteiger partial charge in [0.1, 0.15) is 6.61 Å². The van der Waals surface area contributed by atoms with Crippen molar-refractivity contribution in [2.24, 2.45) is 0 Å². The Hall–Kier alpha value is -2.61. The maximum atomic E-state index is 13.5. The van der Waals surface area contributed by atoms with Crippen LogP contribution in [0, 0.1) is 5.82 Å². The van der Waals surface area contributed by atoms with Gasteiger partial charge in [0.15, 0.2) is 11.6 Å². The number of carbonyl (C=O) groups excluding carboxylic acids is 1. The molecular weight excluding hydrogens is 364 g/mol. The number of para-hydroxylation sites is 2. The van der Waals surface area contributed by atoms with Gasteiger partial charge in [-0.1, -0.05) is 24.3 Å². The largest absolute Gasteiger partial charge is 0.489 e. The van der Waals surface area contributed by atoms with Gasteiger partial charge in [-0.05, 0) is 38.2 Å². The summed E-state index contributed by atoms with van der Waals surface area (Å²) in [7, 11) is 1.63. The Morgan fingerprint density at radius 2 is 1.78 bits per heavy atom. The Balaban J connectivity index is 1.92. The van der Waals surface area contributed by atoms with E-state index in [9.17, 15) is 22.4 Å². The lowest BCUT2D eigenvalue weighted by Crippen LogP contribution is -2.41. The number of rotatable bonds is 7. The second kappa shape index (κ2) is 8.85. The summed E-state index contributed by atoms with van der Waals surface area (Å²) < 4.78 is 57.8. The number of anilines is 1. The van der Waals surface area contributed by atoms with Crippen molar-refractivity contribution in [2.75, 3.05) is 25.5 Å². The molecule has 0 aliphatic heterocycles. The normalized spacial score (nSPS) is 12.7. The van der Waals surface area contributed by atoms with Gasteiger partial charge in [-0.25, -0.2) is 4.39 Å². The highest BCUT2D eigenvalue weighted by Gasteiger charge is 2.34. The fraction of sp³-hybridized carbons (Fsp3) is 0.316. The van der Waals surface area contributed by atoms with E-state index in [1.54, 1.807) is 31.0 Å². The second-order valence-electron chi connectivity index (χ2n) is 5.97. The predicted octanol–water partition coefficient (Wildman–Crippen LogP) is 4.18. The van der Waals surface area contributed by atoms with Crippen LogP contribution in [-0.4, -0.2) is 37.0 Å². The topological polar surface area (TPSA) is 41.6 Å². The molecule has 0 bridgehead atoms. The van der Waals surface area contributed by atoms with Gasteiger partial charge in [-0.2, -0.15) is 13.2 Å². The number of halogens is 4. The van der Waals surface area contributed by atoms with E-state index >= 15 is 0 Å². The first-order valence-electron chi connectivity index (χ1n) is 8.25. The van der Waals surface area contributed by atoms with Crippen LogP contribution in [0.15, 0.2) is 48.5 Å². The van der Waals surface area contributed by atoms with Crippen LogP contribution in [0.5, 0.6) is 5.75 Å². The number of alkyl halides is 3. The van der Waals surface area contributed by atoms with E-state index in [0.29, 0.717) is 0 Å². The molecule has 2 aromatic rings. The van der Waals surface area contributed by atoms with Gasteiger partial charge in [0.25, 0.3) is 0 Å². The standard InChI is InChI=1S/C19H20F4N2O2/c1-13(25(2)11-12-27-17-10-6-4-8-15(17)20)18(26)24-16-9-5-3-7-14(16)19(21,22)23/h3-10,13H,11-12H2,1-2H3,(H,24,26)/t13-/m1/s1. The van der Waals surface area contributed by atoms with Gasteiger partial charge in [0.05, 0.1) is 17.3 Å². The third-order valence-electron chi connectivity index (χ3n) is 4.07. The summed E-state index contributed by atoms with van der Waals surface area (Å²) in [6.45, 7) is 1.96. The molecule has 2 aromatic carbocycles. The SMILES string of the molecule is C[C@H](C(=O)Nc1ccccc1C(F)(F)F)N(C)CCOc1ccccc1F. The molecule has 2 rings (SSSR count).